The monoisotopic (exact) mass is 259 g/mol. The van der Waals surface area contributed by atoms with Crippen molar-refractivity contribution in [2.24, 2.45) is 0 Å². The number of rotatable bonds is 3. The van der Waals surface area contributed by atoms with Crippen LogP contribution in [-0.4, -0.2) is 10.5 Å². The minimum atomic E-state index is -0.629. The summed E-state index contributed by atoms with van der Waals surface area (Å²) < 4.78 is 16.5. The van der Waals surface area contributed by atoms with E-state index in [9.17, 15) is 14.5 Å². The van der Waals surface area contributed by atoms with E-state index in [1.165, 1.54) is 0 Å². The normalized spacial score (nSPS) is 11.5. The molecule has 0 aliphatic heterocycles. The molecule has 7 heteroatoms. The fraction of sp³-hybridized carbons (Fsp3) is 0.400. The topological polar surface area (TPSA) is 81.2 Å². The Morgan fingerprint density at radius 1 is 1.47 bits per heavy atom. The molecule has 0 spiro atoms. The molecule has 0 heterocycles. The van der Waals surface area contributed by atoms with Gasteiger partial charge in [-0.3, -0.25) is 14.8 Å². The predicted molar refractivity (Wildman–Crippen MR) is 66.2 cm³/mol. The average Bonchev–Trinajstić information content (AvgIpc) is 2.14. The van der Waals surface area contributed by atoms with Gasteiger partial charge in [0.1, 0.15) is 11.5 Å². The van der Waals surface area contributed by atoms with Gasteiger partial charge in [0.25, 0.3) is 5.69 Å². The smallest absolute Gasteiger partial charge is 0.293 e. The maximum Gasteiger partial charge on any atom is 0.293 e. The van der Waals surface area contributed by atoms with E-state index in [2.05, 4.69) is 4.72 Å². The number of halogens is 1. The Hall–Kier alpha value is -1.34. The molecule has 0 saturated carbocycles. The molecule has 5 nitrogen and oxygen atoms in total. The highest BCUT2D eigenvalue weighted by Crippen LogP contribution is 2.30. The molecule has 0 bridgehead atoms. The molecule has 0 saturated heterocycles. The fourth-order valence-electron chi connectivity index (χ4n) is 1.00. The summed E-state index contributed by atoms with van der Waals surface area (Å²) in [5.41, 5.74) is 4.67. The maximum atomic E-state index is 13.5. The Morgan fingerprint density at radius 2 is 2.06 bits per heavy atom. The minimum Gasteiger partial charge on any atom is -0.393 e. The second kappa shape index (κ2) is 4.89. The molecular formula is C10H14FN3O2S. The zero-order chi connectivity index (χ0) is 13.2. The summed E-state index contributed by atoms with van der Waals surface area (Å²) in [5, 5.41) is 10.7. The van der Waals surface area contributed by atoms with Crippen molar-refractivity contribution in [2.75, 3.05) is 5.73 Å². The second-order valence-corrected chi connectivity index (χ2v) is 5.40. The van der Waals surface area contributed by atoms with Crippen molar-refractivity contribution >= 4 is 23.3 Å². The van der Waals surface area contributed by atoms with Gasteiger partial charge in [0.15, 0.2) is 0 Å². The molecule has 0 aliphatic carbocycles. The number of nitrogens with one attached hydrogen (secondary N) is 1. The lowest BCUT2D eigenvalue weighted by molar-refractivity contribution is -0.384. The minimum absolute atomic E-state index is 0.154. The van der Waals surface area contributed by atoms with Crippen LogP contribution in [0, 0.1) is 15.9 Å². The number of nitrogen functional groups attached to an aromatic ring is 1. The van der Waals surface area contributed by atoms with Crippen molar-refractivity contribution in [1.29, 1.82) is 0 Å². The zero-order valence-corrected chi connectivity index (χ0v) is 10.6. The number of nitro benzene ring substituents is 1. The van der Waals surface area contributed by atoms with Gasteiger partial charge in [-0.25, -0.2) is 4.39 Å². The molecular weight excluding hydrogens is 245 g/mol. The molecule has 94 valence electrons. The van der Waals surface area contributed by atoms with Crippen LogP contribution in [0.2, 0.25) is 0 Å². The number of benzene rings is 1. The molecule has 0 unspecified atom stereocenters. The first-order chi connectivity index (χ1) is 7.70. The van der Waals surface area contributed by atoms with Gasteiger partial charge in [-0.15, -0.1) is 0 Å². The van der Waals surface area contributed by atoms with E-state index in [4.69, 9.17) is 5.73 Å². The lowest BCUT2D eigenvalue weighted by Gasteiger charge is -2.19. The predicted octanol–water partition coefficient (Wildman–Crippen LogP) is 2.71. The van der Waals surface area contributed by atoms with E-state index < -0.39 is 10.7 Å². The highest BCUT2D eigenvalue weighted by Gasteiger charge is 2.18. The summed E-state index contributed by atoms with van der Waals surface area (Å²) in [6.45, 7) is 5.72. The van der Waals surface area contributed by atoms with Gasteiger partial charge in [-0.05, 0) is 32.7 Å². The molecule has 1 aromatic carbocycles. The molecule has 3 N–H and O–H groups in total. The summed E-state index contributed by atoms with van der Waals surface area (Å²) in [6, 6.07) is 2.10. The average molecular weight is 259 g/mol. The number of anilines is 1. The highest BCUT2D eigenvalue weighted by molar-refractivity contribution is 7.97. The summed E-state index contributed by atoms with van der Waals surface area (Å²) >= 11 is 1.01. The Bertz CT molecular complexity index is 446. The molecule has 1 rings (SSSR count). The number of nitro groups is 1. The first-order valence-electron chi connectivity index (χ1n) is 4.88. The van der Waals surface area contributed by atoms with Gasteiger partial charge < -0.3 is 5.73 Å². The van der Waals surface area contributed by atoms with Gasteiger partial charge in [-0.1, -0.05) is 0 Å². The van der Waals surface area contributed by atoms with Gasteiger partial charge in [0.05, 0.1) is 9.82 Å². The second-order valence-electron chi connectivity index (χ2n) is 4.55. The van der Waals surface area contributed by atoms with Crippen molar-refractivity contribution in [2.45, 2.75) is 31.2 Å². The Morgan fingerprint density at radius 3 is 2.53 bits per heavy atom. The van der Waals surface area contributed by atoms with Crippen molar-refractivity contribution in [3.63, 3.8) is 0 Å². The van der Waals surface area contributed by atoms with Crippen LogP contribution in [0.25, 0.3) is 0 Å². The van der Waals surface area contributed by atoms with Crippen LogP contribution in [0.5, 0.6) is 0 Å². The van der Waals surface area contributed by atoms with Crippen molar-refractivity contribution in [1.82, 2.24) is 4.72 Å². The van der Waals surface area contributed by atoms with E-state index in [0.29, 0.717) is 0 Å². The molecule has 0 amide bonds. The highest BCUT2D eigenvalue weighted by atomic mass is 32.2. The summed E-state index contributed by atoms with van der Waals surface area (Å²) in [5.74, 6) is -0.574. The van der Waals surface area contributed by atoms with Crippen LogP contribution in [0.15, 0.2) is 17.0 Å². The van der Waals surface area contributed by atoms with Gasteiger partial charge in [-0.2, -0.15) is 0 Å². The van der Waals surface area contributed by atoms with Crippen molar-refractivity contribution in [3.8, 4) is 0 Å². The SMILES string of the molecule is CC(C)(C)NSc1cc([N+](=O)[O-])c(N)cc1F. The third kappa shape index (κ3) is 3.86. The van der Waals surface area contributed by atoms with Crippen LogP contribution in [0.1, 0.15) is 20.8 Å². The third-order valence-electron chi connectivity index (χ3n) is 1.75. The van der Waals surface area contributed by atoms with Crippen LogP contribution in [0.4, 0.5) is 15.8 Å². The lowest BCUT2D eigenvalue weighted by atomic mass is 10.1. The summed E-state index contributed by atoms with van der Waals surface area (Å²) in [7, 11) is 0. The summed E-state index contributed by atoms with van der Waals surface area (Å²) in [6.07, 6.45) is 0. The molecule has 17 heavy (non-hydrogen) atoms. The van der Waals surface area contributed by atoms with Crippen LogP contribution in [0.3, 0.4) is 0 Å². The van der Waals surface area contributed by atoms with Crippen molar-refractivity contribution < 1.29 is 9.31 Å². The van der Waals surface area contributed by atoms with Crippen LogP contribution in [-0.2, 0) is 0 Å². The third-order valence-corrected chi connectivity index (χ3v) is 2.99. The van der Waals surface area contributed by atoms with Gasteiger partial charge in [0.2, 0.25) is 0 Å². The van der Waals surface area contributed by atoms with E-state index >= 15 is 0 Å². The van der Waals surface area contributed by atoms with E-state index in [-0.39, 0.29) is 21.8 Å². The number of hydrogen-bond acceptors (Lipinski definition) is 5. The molecule has 0 aromatic heterocycles. The Labute approximate surface area is 103 Å². The van der Waals surface area contributed by atoms with Crippen LogP contribution >= 0.6 is 11.9 Å². The number of nitrogens with two attached hydrogens (primary N) is 1. The quantitative estimate of drug-likeness (QED) is 0.377. The molecule has 1 aromatic rings. The first-order valence-corrected chi connectivity index (χ1v) is 5.70. The lowest BCUT2D eigenvalue weighted by Crippen LogP contribution is -2.29. The number of hydrogen-bond donors (Lipinski definition) is 2. The van der Waals surface area contributed by atoms with Gasteiger partial charge >= 0.3 is 0 Å². The van der Waals surface area contributed by atoms with Crippen LogP contribution < -0.4 is 10.5 Å². The van der Waals surface area contributed by atoms with E-state index in [1.807, 2.05) is 20.8 Å². The summed E-state index contributed by atoms with van der Waals surface area (Å²) in [4.78, 5) is 10.2. The molecule has 0 fully saturated rings. The Balaban J connectivity index is 3.00. The largest absolute Gasteiger partial charge is 0.393 e. The van der Waals surface area contributed by atoms with E-state index in [0.717, 1.165) is 24.1 Å². The molecule has 0 aliphatic rings. The van der Waals surface area contributed by atoms with Crippen molar-refractivity contribution in [3.05, 3.63) is 28.1 Å². The standard InChI is InChI=1S/C10H14FN3O2S/c1-10(2,3)13-17-9-5-8(14(15)16)7(12)4-6(9)11/h4-5,13H,12H2,1-3H3. The van der Waals surface area contributed by atoms with Gasteiger partial charge in [0, 0.05) is 17.7 Å². The number of nitrogens with zero attached hydrogens (tertiary/aromatic N) is 1. The zero-order valence-electron chi connectivity index (χ0n) is 9.78. The van der Waals surface area contributed by atoms with E-state index in [1.54, 1.807) is 0 Å². The molecule has 0 atom stereocenters. The maximum absolute atomic E-state index is 13.5. The fourth-order valence-corrected chi connectivity index (χ4v) is 1.75. The first kappa shape index (κ1) is 13.7. The Kier molecular flexibility index (Phi) is 3.94. The molecule has 0 radical (unpaired) electrons.